The van der Waals surface area contributed by atoms with E-state index in [0.29, 0.717) is 5.56 Å². The molecule has 0 aliphatic carbocycles. The molecule has 0 amide bonds. The number of nitriles is 1. The molecule has 0 N–H and O–H groups in total. The average Bonchev–Trinajstić information content (AvgIpc) is 2.38. The third-order valence-electron chi connectivity index (χ3n) is 2.56. The quantitative estimate of drug-likeness (QED) is 0.752. The molecule has 84 valence electrons. The second-order valence-corrected chi connectivity index (χ2v) is 4.48. The second kappa shape index (κ2) is 5.03. The molecule has 0 spiro atoms. The third kappa shape index (κ3) is 2.32. The standard InChI is InChI=1S/C14H12N2S/c1-10-8-13(11-6-4-3-5-7-11)16-14(17-2)12(10)9-15/h3-8H,1-2H3. The molecular weight excluding hydrogens is 228 g/mol. The highest BCUT2D eigenvalue weighted by atomic mass is 32.2. The minimum Gasteiger partial charge on any atom is -0.240 e. The summed E-state index contributed by atoms with van der Waals surface area (Å²) in [5, 5.41) is 9.89. The van der Waals surface area contributed by atoms with E-state index >= 15 is 0 Å². The maximum atomic E-state index is 9.09. The van der Waals surface area contributed by atoms with Crippen LogP contribution in [0.15, 0.2) is 41.4 Å². The molecule has 0 saturated carbocycles. The highest BCUT2D eigenvalue weighted by Gasteiger charge is 2.09. The van der Waals surface area contributed by atoms with E-state index < -0.39 is 0 Å². The van der Waals surface area contributed by atoms with Gasteiger partial charge in [-0.15, -0.1) is 11.8 Å². The van der Waals surface area contributed by atoms with Crippen molar-refractivity contribution in [3.05, 3.63) is 47.5 Å². The first-order valence-corrected chi connectivity index (χ1v) is 6.50. The number of thioether (sulfide) groups is 1. The Morgan fingerprint density at radius 2 is 1.94 bits per heavy atom. The van der Waals surface area contributed by atoms with Crippen molar-refractivity contribution in [1.29, 1.82) is 5.26 Å². The summed E-state index contributed by atoms with van der Waals surface area (Å²) in [6.07, 6.45) is 1.94. The van der Waals surface area contributed by atoms with E-state index in [9.17, 15) is 0 Å². The predicted molar refractivity (Wildman–Crippen MR) is 70.9 cm³/mol. The van der Waals surface area contributed by atoms with Crippen LogP contribution in [0.3, 0.4) is 0 Å². The van der Waals surface area contributed by atoms with Crippen LogP contribution < -0.4 is 0 Å². The van der Waals surface area contributed by atoms with Gasteiger partial charge in [-0.3, -0.25) is 0 Å². The molecule has 0 fully saturated rings. The zero-order valence-corrected chi connectivity index (χ0v) is 10.6. The Bertz CT molecular complexity index is 571. The van der Waals surface area contributed by atoms with Gasteiger partial charge in [0.2, 0.25) is 0 Å². The number of rotatable bonds is 2. The van der Waals surface area contributed by atoms with Gasteiger partial charge in [0.15, 0.2) is 0 Å². The Hall–Kier alpha value is -1.79. The van der Waals surface area contributed by atoms with Gasteiger partial charge in [-0.1, -0.05) is 30.3 Å². The first-order valence-electron chi connectivity index (χ1n) is 5.27. The zero-order chi connectivity index (χ0) is 12.3. The Balaban J connectivity index is 2.59. The zero-order valence-electron chi connectivity index (χ0n) is 9.77. The first kappa shape index (κ1) is 11.7. The Morgan fingerprint density at radius 3 is 2.53 bits per heavy atom. The van der Waals surface area contributed by atoms with Crippen LogP contribution in [0.4, 0.5) is 0 Å². The monoisotopic (exact) mass is 240 g/mol. The van der Waals surface area contributed by atoms with Crippen LogP contribution in [0, 0.1) is 18.3 Å². The molecule has 0 radical (unpaired) electrons. The maximum absolute atomic E-state index is 9.09. The van der Waals surface area contributed by atoms with E-state index in [0.717, 1.165) is 21.8 Å². The van der Waals surface area contributed by atoms with Crippen molar-refractivity contribution in [3.63, 3.8) is 0 Å². The summed E-state index contributed by atoms with van der Waals surface area (Å²) in [7, 11) is 0. The lowest BCUT2D eigenvalue weighted by molar-refractivity contribution is 1.10. The lowest BCUT2D eigenvalue weighted by Crippen LogP contribution is -1.94. The summed E-state index contributed by atoms with van der Waals surface area (Å²) in [4.78, 5) is 4.53. The SMILES string of the molecule is CSc1nc(-c2ccccc2)cc(C)c1C#N. The van der Waals surface area contributed by atoms with Crippen LogP contribution in [0.25, 0.3) is 11.3 Å². The Kier molecular flexibility index (Phi) is 3.46. The van der Waals surface area contributed by atoms with Crippen LogP contribution in [0.1, 0.15) is 11.1 Å². The number of nitrogens with zero attached hydrogens (tertiary/aromatic N) is 2. The van der Waals surface area contributed by atoms with E-state index in [1.54, 1.807) is 0 Å². The summed E-state index contributed by atoms with van der Waals surface area (Å²) in [5.74, 6) is 0. The van der Waals surface area contributed by atoms with Gasteiger partial charge in [0.1, 0.15) is 11.1 Å². The molecule has 2 nitrogen and oxygen atoms in total. The van der Waals surface area contributed by atoms with Gasteiger partial charge in [-0.2, -0.15) is 5.26 Å². The van der Waals surface area contributed by atoms with E-state index in [1.807, 2.05) is 49.6 Å². The lowest BCUT2D eigenvalue weighted by Gasteiger charge is -2.07. The molecule has 0 aliphatic heterocycles. The summed E-state index contributed by atoms with van der Waals surface area (Å²) in [6.45, 7) is 1.95. The lowest BCUT2D eigenvalue weighted by atomic mass is 10.1. The molecule has 0 bridgehead atoms. The van der Waals surface area contributed by atoms with E-state index in [1.165, 1.54) is 11.8 Å². The van der Waals surface area contributed by atoms with E-state index in [2.05, 4.69) is 11.1 Å². The normalized spacial score (nSPS) is 9.94. The number of benzene rings is 1. The van der Waals surface area contributed by atoms with Crippen LogP contribution in [0.5, 0.6) is 0 Å². The van der Waals surface area contributed by atoms with Crippen LogP contribution in [0.2, 0.25) is 0 Å². The highest BCUT2D eigenvalue weighted by molar-refractivity contribution is 7.98. The van der Waals surface area contributed by atoms with Gasteiger partial charge >= 0.3 is 0 Å². The molecular formula is C14H12N2S. The fraction of sp³-hybridized carbons (Fsp3) is 0.143. The smallest absolute Gasteiger partial charge is 0.115 e. The fourth-order valence-electron chi connectivity index (χ4n) is 1.68. The molecule has 0 unspecified atom stereocenters. The number of aryl methyl sites for hydroxylation is 1. The molecule has 1 aromatic heterocycles. The predicted octanol–water partition coefficient (Wildman–Crippen LogP) is 3.65. The van der Waals surface area contributed by atoms with Crippen molar-refractivity contribution in [2.75, 3.05) is 6.26 Å². The molecule has 0 atom stereocenters. The third-order valence-corrected chi connectivity index (χ3v) is 3.24. The van der Waals surface area contributed by atoms with E-state index in [4.69, 9.17) is 5.26 Å². The minimum absolute atomic E-state index is 0.678. The Morgan fingerprint density at radius 1 is 1.24 bits per heavy atom. The maximum Gasteiger partial charge on any atom is 0.115 e. The van der Waals surface area contributed by atoms with Crippen molar-refractivity contribution in [1.82, 2.24) is 4.98 Å². The van der Waals surface area contributed by atoms with Crippen molar-refractivity contribution >= 4 is 11.8 Å². The highest BCUT2D eigenvalue weighted by Crippen LogP contribution is 2.26. The number of aromatic nitrogens is 1. The molecule has 3 heteroatoms. The van der Waals surface area contributed by atoms with Gasteiger partial charge in [-0.05, 0) is 24.8 Å². The minimum atomic E-state index is 0.678. The van der Waals surface area contributed by atoms with Gasteiger partial charge in [-0.25, -0.2) is 4.98 Å². The Labute approximate surface area is 105 Å². The molecule has 2 rings (SSSR count). The molecule has 2 aromatic rings. The summed E-state index contributed by atoms with van der Waals surface area (Å²) in [6, 6.07) is 14.2. The summed E-state index contributed by atoms with van der Waals surface area (Å²) in [5.41, 5.74) is 3.66. The first-order chi connectivity index (χ1) is 8.26. The average molecular weight is 240 g/mol. The number of pyridine rings is 1. The van der Waals surface area contributed by atoms with E-state index in [-0.39, 0.29) is 0 Å². The van der Waals surface area contributed by atoms with Crippen molar-refractivity contribution in [2.24, 2.45) is 0 Å². The van der Waals surface area contributed by atoms with Crippen LogP contribution in [-0.2, 0) is 0 Å². The summed E-state index contributed by atoms with van der Waals surface area (Å²) < 4.78 is 0. The molecule has 1 heterocycles. The second-order valence-electron chi connectivity index (χ2n) is 3.69. The molecule has 1 aromatic carbocycles. The van der Waals surface area contributed by atoms with Gasteiger partial charge in [0.05, 0.1) is 11.3 Å². The molecule has 17 heavy (non-hydrogen) atoms. The van der Waals surface area contributed by atoms with Gasteiger partial charge < -0.3 is 0 Å². The molecule has 0 saturated heterocycles. The van der Waals surface area contributed by atoms with Crippen molar-refractivity contribution in [3.8, 4) is 17.3 Å². The summed E-state index contributed by atoms with van der Waals surface area (Å²) >= 11 is 1.51. The van der Waals surface area contributed by atoms with Crippen LogP contribution in [-0.4, -0.2) is 11.2 Å². The fourth-order valence-corrected chi connectivity index (χ4v) is 2.28. The topological polar surface area (TPSA) is 36.7 Å². The number of hydrogen-bond acceptors (Lipinski definition) is 3. The largest absolute Gasteiger partial charge is 0.240 e. The van der Waals surface area contributed by atoms with Gasteiger partial charge in [0.25, 0.3) is 0 Å². The van der Waals surface area contributed by atoms with Crippen molar-refractivity contribution < 1.29 is 0 Å². The molecule has 0 aliphatic rings. The van der Waals surface area contributed by atoms with Gasteiger partial charge in [0, 0.05) is 5.56 Å². The number of hydrogen-bond donors (Lipinski definition) is 0. The van der Waals surface area contributed by atoms with Crippen LogP contribution >= 0.6 is 11.8 Å². The van der Waals surface area contributed by atoms with Crippen molar-refractivity contribution in [2.45, 2.75) is 11.9 Å².